The van der Waals surface area contributed by atoms with Crippen LogP contribution in [0.15, 0.2) is 63.3 Å². The van der Waals surface area contributed by atoms with E-state index in [0.717, 1.165) is 16.4 Å². The van der Waals surface area contributed by atoms with Crippen LogP contribution in [0.5, 0.6) is 0 Å². The Bertz CT molecular complexity index is 1160. The summed E-state index contributed by atoms with van der Waals surface area (Å²) in [5, 5.41) is 7.08. The fraction of sp³-hybridized carbons (Fsp3) is 0.111. The quantitative estimate of drug-likeness (QED) is 0.552. The van der Waals surface area contributed by atoms with E-state index in [1.165, 1.54) is 42.5 Å². The van der Waals surface area contributed by atoms with E-state index in [4.69, 9.17) is 17.3 Å². The first kappa shape index (κ1) is 21.2. The van der Waals surface area contributed by atoms with Gasteiger partial charge in [-0.05, 0) is 42.7 Å². The summed E-state index contributed by atoms with van der Waals surface area (Å²) < 4.78 is 40.9. The maximum absolute atomic E-state index is 13.7. The number of nitrogens with two attached hydrogens (primary N) is 1. The second-order valence-electron chi connectivity index (χ2n) is 5.87. The molecule has 0 saturated carbocycles. The molecule has 0 aliphatic carbocycles. The maximum Gasteiger partial charge on any atom is 0.246 e. The molecule has 0 aliphatic rings. The number of hydrogen-bond donors (Lipinski definition) is 2. The number of nitrogens with one attached hydrogen (secondary N) is 1. The van der Waals surface area contributed by atoms with Gasteiger partial charge >= 0.3 is 0 Å². The van der Waals surface area contributed by atoms with Crippen molar-refractivity contribution in [3.63, 3.8) is 0 Å². The summed E-state index contributed by atoms with van der Waals surface area (Å²) in [4.78, 5) is 12.1. The molecule has 0 fully saturated rings. The molecule has 1 aromatic heterocycles. The topological polar surface area (TPSA) is 107 Å². The first-order valence-corrected chi connectivity index (χ1v) is 11.3. The third-order valence-electron chi connectivity index (χ3n) is 3.94. The van der Waals surface area contributed by atoms with Gasteiger partial charge in [0.1, 0.15) is 28.1 Å². The molecule has 1 heterocycles. The Hall–Kier alpha value is -2.56. The largest absolute Gasteiger partial charge is 0.383 e. The summed E-state index contributed by atoms with van der Waals surface area (Å²) in [6, 6.07) is 11.3. The van der Waals surface area contributed by atoms with Crippen molar-refractivity contribution in [1.29, 1.82) is 0 Å². The highest BCUT2D eigenvalue weighted by atomic mass is 35.5. The number of benzene rings is 2. The molecule has 2 aromatic carbocycles. The number of halogens is 2. The minimum atomic E-state index is -3.99. The molecule has 11 heteroatoms. The van der Waals surface area contributed by atoms with Crippen LogP contribution in [0.1, 0.15) is 0 Å². The molecule has 3 aromatic rings. The summed E-state index contributed by atoms with van der Waals surface area (Å²) in [5.74, 6) is -1.38. The lowest BCUT2D eigenvalue weighted by Crippen LogP contribution is -2.21. The van der Waals surface area contributed by atoms with Crippen molar-refractivity contribution in [2.45, 2.75) is 21.4 Å². The molecule has 152 valence electrons. The van der Waals surface area contributed by atoms with Crippen molar-refractivity contribution in [2.24, 2.45) is 0 Å². The van der Waals surface area contributed by atoms with Gasteiger partial charge in [-0.15, -0.1) is 11.8 Å². The molecule has 1 amide bonds. The summed E-state index contributed by atoms with van der Waals surface area (Å²) in [6.07, 6.45) is 1.65. The fourth-order valence-electron chi connectivity index (χ4n) is 2.56. The highest BCUT2D eigenvalue weighted by Gasteiger charge is 2.29. The summed E-state index contributed by atoms with van der Waals surface area (Å²) in [6.45, 7) is -0.385. The molecule has 3 rings (SSSR count). The van der Waals surface area contributed by atoms with Crippen LogP contribution in [-0.2, 0) is 21.2 Å². The second kappa shape index (κ2) is 8.44. The number of amides is 1. The van der Waals surface area contributed by atoms with Crippen LogP contribution in [0.2, 0.25) is 5.02 Å². The molecule has 0 atom stereocenters. The number of nitrogens with zero attached hydrogens (tertiary/aromatic N) is 2. The first-order valence-electron chi connectivity index (χ1n) is 8.19. The van der Waals surface area contributed by atoms with Gasteiger partial charge in [-0.3, -0.25) is 4.79 Å². The number of anilines is 2. The Morgan fingerprint density at radius 1 is 1.24 bits per heavy atom. The van der Waals surface area contributed by atoms with Crippen LogP contribution in [0.25, 0.3) is 0 Å². The van der Waals surface area contributed by atoms with Gasteiger partial charge in [0, 0.05) is 5.02 Å². The van der Waals surface area contributed by atoms with E-state index in [1.54, 1.807) is 12.3 Å². The van der Waals surface area contributed by atoms with Crippen LogP contribution >= 0.6 is 23.4 Å². The predicted molar refractivity (Wildman–Crippen MR) is 110 cm³/mol. The van der Waals surface area contributed by atoms with Crippen molar-refractivity contribution in [3.05, 3.63) is 59.4 Å². The lowest BCUT2D eigenvalue weighted by atomic mass is 10.3. The molecular weight excluding hydrogens is 439 g/mol. The number of carbonyl (C=O) groups excluding carboxylic acids is 1. The monoisotopic (exact) mass is 454 g/mol. The van der Waals surface area contributed by atoms with E-state index in [1.807, 2.05) is 0 Å². The smallest absolute Gasteiger partial charge is 0.246 e. The predicted octanol–water partition coefficient (Wildman–Crippen LogP) is 3.45. The third-order valence-corrected chi connectivity index (χ3v) is 6.83. The minimum Gasteiger partial charge on any atom is -0.383 e. The molecule has 0 saturated heterocycles. The van der Waals surface area contributed by atoms with Crippen molar-refractivity contribution < 1.29 is 17.6 Å². The molecule has 0 aliphatic heterocycles. The molecule has 0 radical (unpaired) electrons. The first-order chi connectivity index (χ1) is 13.7. The fourth-order valence-corrected chi connectivity index (χ4v) is 5.12. The molecule has 0 bridgehead atoms. The van der Waals surface area contributed by atoms with E-state index in [9.17, 15) is 17.6 Å². The van der Waals surface area contributed by atoms with Crippen molar-refractivity contribution in [2.75, 3.05) is 17.3 Å². The number of sulfone groups is 1. The summed E-state index contributed by atoms with van der Waals surface area (Å²) in [7, 11) is -3.99. The van der Waals surface area contributed by atoms with Crippen LogP contribution in [0.3, 0.4) is 0 Å². The number of rotatable bonds is 6. The zero-order valence-electron chi connectivity index (χ0n) is 15.1. The molecule has 29 heavy (non-hydrogen) atoms. The average Bonchev–Trinajstić information content (AvgIpc) is 3.00. The Kier molecular flexibility index (Phi) is 6.15. The molecule has 7 nitrogen and oxygen atoms in total. The van der Waals surface area contributed by atoms with Crippen molar-refractivity contribution in [3.8, 4) is 0 Å². The average molecular weight is 455 g/mol. The van der Waals surface area contributed by atoms with Crippen LogP contribution in [-0.4, -0.2) is 30.4 Å². The standard InChI is InChI=1S/C18H16ClFN4O3S2/c1-28-18-16(29(26,27)12-8-6-11(19)7-9-12)17(21)24(23-18)10-15(25)22-14-5-3-2-4-13(14)20/h2-9H,10,21H2,1H3,(H,22,25). The normalized spacial score (nSPS) is 11.4. The maximum atomic E-state index is 13.7. The zero-order chi connectivity index (χ0) is 21.2. The van der Waals surface area contributed by atoms with Gasteiger partial charge in [-0.25, -0.2) is 17.5 Å². The highest BCUT2D eigenvalue weighted by Crippen LogP contribution is 2.34. The summed E-state index contributed by atoms with van der Waals surface area (Å²) in [5.41, 5.74) is 6.03. The van der Waals surface area contributed by atoms with Gasteiger partial charge in [0.05, 0.1) is 10.6 Å². The van der Waals surface area contributed by atoms with Crippen LogP contribution < -0.4 is 11.1 Å². The Morgan fingerprint density at radius 3 is 2.52 bits per heavy atom. The molecular formula is C18H16ClFN4O3S2. The van der Waals surface area contributed by atoms with Crippen molar-refractivity contribution in [1.82, 2.24) is 9.78 Å². The van der Waals surface area contributed by atoms with Gasteiger partial charge in [0.15, 0.2) is 0 Å². The summed E-state index contributed by atoms with van der Waals surface area (Å²) >= 11 is 6.91. The van der Waals surface area contributed by atoms with E-state index >= 15 is 0 Å². The Balaban J connectivity index is 1.93. The second-order valence-corrected chi connectivity index (χ2v) is 8.98. The SMILES string of the molecule is CSc1nn(CC(=O)Nc2ccccc2F)c(N)c1S(=O)(=O)c1ccc(Cl)cc1. The van der Waals surface area contributed by atoms with E-state index in [0.29, 0.717) is 5.02 Å². The van der Waals surface area contributed by atoms with E-state index < -0.39 is 21.6 Å². The molecule has 0 spiro atoms. The molecule has 3 N–H and O–H groups in total. The molecule has 0 unspecified atom stereocenters. The Morgan fingerprint density at radius 2 is 1.90 bits per heavy atom. The highest BCUT2D eigenvalue weighted by molar-refractivity contribution is 7.99. The number of para-hydroxylation sites is 1. The number of thioether (sulfide) groups is 1. The number of hydrogen-bond acceptors (Lipinski definition) is 6. The number of carbonyl (C=O) groups is 1. The van der Waals surface area contributed by atoms with Crippen LogP contribution in [0, 0.1) is 5.82 Å². The lowest BCUT2D eigenvalue weighted by Gasteiger charge is -2.08. The van der Waals surface area contributed by atoms with E-state index in [2.05, 4.69) is 10.4 Å². The van der Waals surface area contributed by atoms with Gasteiger partial charge in [-0.1, -0.05) is 23.7 Å². The number of aromatic nitrogens is 2. The zero-order valence-corrected chi connectivity index (χ0v) is 17.5. The Labute approximate surface area is 176 Å². The van der Waals surface area contributed by atoms with Gasteiger partial charge in [0.25, 0.3) is 0 Å². The van der Waals surface area contributed by atoms with Gasteiger partial charge in [-0.2, -0.15) is 5.10 Å². The van der Waals surface area contributed by atoms with Gasteiger partial charge < -0.3 is 11.1 Å². The van der Waals surface area contributed by atoms with Crippen LogP contribution in [0.4, 0.5) is 15.9 Å². The van der Waals surface area contributed by atoms with Gasteiger partial charge in [0.2, 0.25) is 15.7 Å². The number of nitrogen functional groups attached to an aromatic ring is 1. The van der Waals surface area contributed by atoms with Crippen molar-refractivity contribution >= 4 is 50.6 Å². The van der Waals surface area contributed by atoms with E-state index in [-0.39, 0.29) is 32.9 Å². The lowest BCUT2D eigenvalue weighted by molar-refractivity contribution is -0.116. The third kappa shape index (κ3) is 4.39. The minimum absolute atomic E-state index is 0.000687.